The molecular formula is C10H5Br3N4O. The smallest absolute Gasteiger partial charge is 0.275 e. The molecule has 0 saturated carbocycles. The highest BCUT2D eigenvalue weighted by Crippen LogP contribution is 2.19. The molecule has 0 atom stereocenters. The van der Waals surface area contributed by atoms with Crippen LogP contribution < -0.4 is 5.32 Å². The minimum absolute atomic E-state index is 0.301. The molecule has 0 aliphatic rings. The minimum atomic E-state index is -0.347. The van der Waals surface area contributed by atoms with Crippen LogP contribution in [0.3, 0.4) is 0 Å². The maximum Gasteiger partial charge on any atom is 0.275 e. The number of pyridine rings is 1. The van der Waals surface area contributed by atoms with E-state index in [1.54, 1.807) is 18.3 Å². The van der Waals surface area contributed by atoms with Gasteiger partial charge in [-0.15, -0.1) is 0 Å². The topological polar surface area (TPSA) is 67.8 Å². The molecule has 92 valence electrons. The molecule has 2 heterocycles. The zero-order chi connectivity index (χ0) is 13.1. The zero-order valence-corrected chi connectivity index (χ0v) is 13.5. The first-order valence-electron chi connectivity index (χ1n) is 4.67. The monoisotopic (exact) mass is 434 g/mol. The number of carbonyl (C=O) groups is 1. The minimum Gasteiger partial charge on any atom is -0.303 e. The molecular weight excluding hydrogens is 432 g/mol. The van der Waals surface area contributed by atoms with Gasteiger partial charge >= 0.3 is 0 Å². The Morgan fingerprint density at radius 2 is 1.89 bits per heavy atom. The molecule has 8 heteroatoms. The average molecular weight is 437 g/mol. The number of rotatable bonds is 2. The summed E-state index contributed by atoms with van der Waals surface area (Å²) >= 11 is 9.65. The Bertz CT molecular complexity index is 588. The molecule has 0 unspecified atom stereocenters. The predicted octanol–water partition coefficient (Wildman–Crippen LogP) is 3.41. The average Bonchev–Trinajstić information content (AvgIpc) is 2.33. The van der Waals surface area contributed by atoms with E-state index in [4.69, 9.17) is 0 Å². The predicted molar refractivity (Wildman–Crippen MR) is 77.3 cm³/mol. The Morgan fingerprint density at radius 3 is 2.50 bits per heavy atom. The summed E-state index contributed by atoms with van der Waals surface area (Å²) in [6.07, 6.45) is 3.05. The number of nitrogens with zero attached hydrogens (tertiary/aromatic N) is 3. The van der Waals surface area contributed by atoms with E-state index < -0.39 is 0 Å². The van der Waals surface area contributed by atoms with Gasteiger partial charge in [-0.2, -0.15) is 0 Å². The highest BCUT2D eigenvalue weighted by Gasteiger charge is 2.11. The maximum atomic E-state index is 11.9. The maximum absolute atomic E-state index is 11.9. The van der Waals surface area contributed by atoms with Gasteiger partial charge in [0.2, 0.25) is 0 Å². The third-order valence-electron chi connectivity index (χ3n) is 1.89. The van der Waals surface area contributed by atoms with Crippen LogP contribution in [0.4, 0.5) is 5.82 Å². The molecule has 0 aliphatic heterocycles. The van der Waals surface area contributed by atoms with Crippen molar-refractivity contribution < 1.29 is 4.79 Å². The standard InChI is InChI=1S/C10H5Br3N4O/c11-5-1-2-6(14-3-5)10(18)17-9-8(13)16-7(12)4-15-9/h1-4H,(H,15,17,18). The molecule has 5 nitrogen and oxygen atoms in total. The van der Waals surface area contributed by atoms with Crippen molar-refractivity contribution in [2.45, 2.75) is 0 Å². The van der Waals surface area contributed by atoms with Crippen molar-refractivity contribution in [3.63, 3.8) is 0 Å². The number of halogens is 3. The number of carbonyl (C=O) groups excluding carboxylic acids is 1. The van der Waals surface area contributed by atoms with Crippen molar-refractivity contribution >= 4 is 59.5 Å². The van der Waals surface area contributed by atoms with Gasteiger partial charge < -0.3 is 5.32 Å². The molecule has 0 fully saturated rings. The molecule has 0 aromatic carbocycles. The third kappa shape index (κ3) is 3.33. The number of hydrogen-bond acceptors (Lipinski definition) is 4. The van der Waals surface area contributed by atoms with E-state index in [2.05, 4.69) is 68.1 Å². The summed E-state index contributed by atoms with van der Waals surface area (Å²) in [5, 5.41) is 2.62. The summed E-state index contributed by atoms with van der Waals surface area (Å²) in [6, 6.07) is 3.35. The van der Waals surface area contributed by atoms with E-state index in [0.29, 0.717) is 20.7 Å². The van der Waals surface area contributed by atoms with E-state index in [0.717, 1.165) is 4.47 Å². The first kappa shape index (κ1) is 13.6. The molecule has 0 spiro atoms. The summed E-state index contributed by atoms with van der Waals surface area (Å²) in [5.74, 6) is -0.00672. The van der Waals surface area contributed by atoms with Crippen molar-refractivity contribution in [2.75, 3.05) is 5.32 Å². The van der Waals surface area contributed by atoms with Crippen LogP contribution in [0, 0.1) is 0 Å². The molecule has 2 aromatic rings. The highest BCUT2D eigenvalue weighted by molar-refractivity contribution is 9.11. The summed E-state index contributed by atoms with van der Waals surface area (Å²) in [7, 11) is 0. The van der Waals surface area contributed by atoms with Crippen LogP contribution in [0.5, 0.6) is 0 Å². The van der Waals surface area contributed by atoms with Crippen molar-refractivity contribution in [2.24, 2.45) is 0 Å². The first-order chi connectivity index (χ1) is 8.56. The quantitative estimate of drug-likeness (QED) is 0.783. The van der Waals surface area contributed by atoms with Gasteiger partial charge in [0.1, 0.15) is 14.9 Å². The molecule has 18 heavy (non-hydrogen) atoms. The lowest BCUT2D eigenvalue weighted by atomic mass is 10.3. The van der Waals surface area contributed by atoms with Crippen LogP contribution in [0.15, 0.2) is 38.2 Å². The van der Waals surface area contributed by atoms with Crippen LogP contribution in [0.1, 0.15) is 10.5 Å². The molecule has 1 amide bonds. The molecule has 0 saturated heterocycles. The Balaban J connectivity index is 2.18. The highest BCUT2D eigenvalue weighted by atomic mass is 79.9. The summed E-state index contributed by atoms with van der Waals surface area (Å²) in [4.78, 5) is 24.0. The van der Waals surface area contributed by atoms with Gasteiger partial charge in [-0.3, -0.25) is 4.79 Å². The number of nitrogens with one attached hydrogen (secondary N) is 1. The van der Waals surface area contributed by atoms with Crippen molar-refractivity contribution in [1.29, 1.82) is 0 Å². The normalized spacial score (nSPS) is 10.2. The van der Waals surface area contributed by atoms with Crippen LogP contribution >= 0.6 is 47.8 Å². The van der Waals surface area contributed by atoms with Gasteiger partial charge in [-0.05, 0) is 59.9 Å². The second-order valence-corrected chi connectivity index (χ2v) is 5.63. The lowest BCUT2D eigenvalue weighted by Crippen LogP contribution is -2.15. The zero-order valence-electron chi connectivity index (χ0n) is 8.69. The summed E-state index contributed by atoms with van der Waals surface area (Å²) in [5.41, 5.74) is 0.301. The summed E-state index contributed by atoms with van der Waals surface area (Å²) < 4.78 is 1.83. The van der Waals surface area contributed by atoms with E-state index in [1.807, 2.05) is 0 Å². The lowest BCUT2D eigenvalue weighted by Gasteiger charge is -2.05. The fraction of sp³-hybridized carbons (Fsp3) is 0. The van der Waals surface area contributed by atoms with Gasteiger partial charge in [0.25, 0.3) is 5.91 Å². The van der Waals surface area contributed by atoms with Gasteiger partial charge in [-0.25, -0.2) is 15.0 Å². The van der Waals surface area contributed by atoms with Crippen LogP contribution in [-0.4, -0.2) is 20.9 Å². The van der Waals surface area contributed by atoms with E-state index in [-0.39, 0.29) is 5.91 Å². The second-order valence-electron chi connectivity index (χ2n) is 3.15. The second kappa shape index (κ2) is 5.85. The third-order valence-corrected chi connectivity index (χ3v) is 3.30. The Hall–Kier alpha value is -0.860. The van der Waals surface area contributed by atoms with Crippen LogP contribution in [-0.2, 0) is 0 Å². The van der Waals surface area contributed by atoms with Gasteiger partial charge in [0, 0.05) is 10.7 Å². The van der Waals surface area contributed by atoms with E-state index in [9.17, 15) is 4.79 Å². The SMILES string of the molecule is O=C(Nc1ncc(Br)nc1Br)c1ccc(Br)cn1. The van der Waals surface area contributed by atoms with E-state index in [1.165, 1.54) is 6.20 Å². The van der Waals surface area contributed by atoms with Crippen molar-refractivity contribution in [3.05, 3.63) is 43.9 Å². The Morgan fingerprint density at radius 1 is 1.11 bits per heavy atom. The van der Waals surface area contributed by atoms with Gasteiger partial charge in [0.15, 0.2) is 5.82 Å². The number of anilines is 1. The van der Waals surface area contributed by atoms with E-state index >= 15 is 0 Å². The lowest BCUT2D eigenvalue weighted by molar-refractivity contribution is 0.102. The molecule has 0 bridgehead atoms. The molecule has 0 aliphatic carbocycles. The van der Waals surface area contributed by atoms with Crippen molar-refractivity contribution in [1.82, 2.24) is 15.0 Å². The number of aromatic nitrogens is 3. The van der Waals surface area contributed by atoms with Crippen LogP contribution in [0.25, 0.3) is 0 Å². The molecule has 0 radical (unpaired) electrons. The molecule has 2 rings (SSSR count). The number of amides is 1. The Labute approximate surface area is 128 Å². The fourth-order valence-electron chi connectivity index (χ4n) is 1.11. The largest absolute Gasteiger partial charge is 0.303 e. The fourth-order valence-corrected chi connectivity index (χ4v) is 2.26. The molecule has 1 N–H and O–H groups in total. The van der Waals surface area contributed by atoms with Gasteiger partial charge in [-0.1, -0.05) is 0 Å². The Kier molecular flexibility index (Phi) is 4.41. The van der Waals surface area contributed by atoms with Crippen LogP contribution in [0.2, 0.25) is 0 Å². The first-order valence-corrected chi connectivity index (χ1v) is 7.05. The van der Waals surface area contributed by atoms with Gasteiger partial charge in [0.05, 0.1) is 6.20 Å². The van der Waals surface area contributed by atoms with Crippen molar-refractivity contribution in [3.8, 4) is 0 Å². The summed E-state index contributed by atoms with van der Waals surface area (Å²) in [6.45, 7) is 0. The molecule has 2 aromatic heterocycles. The number of hydrogen-bond donors (Lipinski definition) is 1.